The van der Waals surface area contributed by atoms with Crippen LogP contribution in [0.25, 0.3) is 99.5 Å². The third-order valence-electron chi connectivity index (χ3n) is 17.5. The molecule has 2 aliphatic rings. The van der Waals surface area contributed by atoms with E-state index in [1.807, 2.05) is 0 Å². The summed E-state index contributed by atoms with van der Waals surface area (Å²) in [6.45, 7) is -0.161. The molecule has 0 saturated heterocycles. The van der Waals surface area contributed by atoms with Gasteiger partial charge in [-0.25, -0.2) is 0 Å². The number of benzene rings is 13. The van der Waals surface area contributed by atoms with E-state index in [-0.39, 0.29) is 6.71 Å². The molecule has 0 saturated carbocycles. The van der Waals surface area contributed by atoms with Gasteiger partial charge in [0.2, 0.25) is 0 Å². The van der Waals surface area contributed by atoms with Gasteiger partial charge in [0, 0.05) is 77.9 Å². The number of fused-ring (bicyclic) bond motifs is 10. The molecule has 0 aliphatic carbocycles. The van der Waals surface area contributed by atoms with Crippen molar-refractivity contribution in [3.63, 3.8) is 0 Å². The maximum atomic E-state index is 2.63. The molecule has 83 heavy (non-hydrogen) atoms. The molecule has 0 fully saturated rings. The van der Waals surface area contributed by atoms with Crippen molar-refractivity contribution in [3.05, 3.63) is 309 Å². The molecule has 2 aromatic heterocycles. The van der Waals surface area contributed by atoms with Gasteiger partial charge in [-0.3, -0.25) is 0 Å². The van der Waals surface area contributed by atoms with Gasteiger partial charge in [0.15, 0.2) is 0 Å². The summed E-state index contributed by atoms with van der Waals surface area (Å²) >= 11 is 0. The molecular weight excluding hydrogens is 1000 g/mol. The summed E-state index contributed by atoms with van der Waals surface area (Å²) in [6.07, 6.45) is 0. The molecule has 17 rings (SSSR count). The summed E-state index contributed by atoms with van der Waals surface area (Å²) in [4.78, 5) is 5.26. The Bertz CT molecular complexity index is 4510. The Balaban J connectivity index is 1.02. The summed E-state index contributed by atoms with van der Waals surface area (Å²) in [6, 6.07) is 115. The van der Waals surface area contributed by atoms with E-state index in [1.165, 1.54) is 60.0 Å². The van der Waals surface area contributed by atoms with Crippen molar-refractivity contribution in [2.24, 2.45) is 0 Å². The fourth-order valence-electron chi connectivity index (χ4n) is 14.0. The summed E-state index contributed by atoms with van der Waals surface area (Å²) in [5.74, 6) is 0. The summed E-state index contributed by atoms with van der Waals surface area (Å²) in [7, 11) is 0. The average Bonchev–Trinajstić information content (AvgIpc) is 2.18. The topological polar surface area (TPSA) is 16.3 Å². The van der Waals surface area contributed by atoms with Gasteiger partial charge in [-0.15, -0.1) is 0 Å². The molecule has 13 aromatic carbocycles. The minimum Gasteiger partial charge on any atom is -0.310 e. The number of hydrogen-bond donors (Lipinski definition) is 0. The molecule has 0 radical (unpaired) electrons. The molecule has 4 heterocycles. The van der Waals surface area contributed by atoms with E-state index in [4.69, 9.17) is 0 Å². The lowest BCUT2D eigenvalue weighted by Gasteiger charge is -2.45. The van der Waals surface area contributed by atoms with E-state index in [0.717, 1.165) is 90.0 Å². The first kappa shape index (κ1) is 47.0. The van der Waals surface area contributed by atoms with Gasteiger partial charge < -0.3 is 18.9 Å². The van der Waals surface area contributed by atoms with Crippen LogP contribution in [-0.4, -0.2) is 15.8 Å². The van der Waals surface area contributed by atoms with Crippen LogP contribution >= 0.6 is 0 Å². The van der Waals surface area contributed by atoms with Crippen LogP contribution in [0.15, 0.2) is 309 Å². The van der Waals surface area contributed by atoms with Crippen LogP contribution in [0.1, 0.15) is 0 Å². The zero-order valence-electron chi connectivity index (χ0n) is 45.3. The van der Waals surface area contributed by atoms with Gasteiger partial charge in [-0.2, -0.15) is 0 Å². The molecule has 15 aromatic rings. The Morgan fingerprint density at radius 3 is 0.843 bits per heavy atom. The van der Waals surface area contributed by atoms with E-state index in [9.17, 15) is 0 Å². The van der Waals surface area contributed by atoms with Crippen molar-refractivity contribution in [3.8, 4) is 55.9 Å². The van der Waals surface area contributed by atoms with Crippen LogP contribution in [-0.2, 0) is 0 Å². The van der Waals surface area contributed by atoms with Crippen LogP contribution < -0.4 is 26.2 Å². The fraction of sp³-hybridized carbons (Fsp3) is 0. The second-order valence-electron chi connectivity index (χ2n) is 21.9. The highest BCUT2D eigenvalue weighted by molar-refractivity contribution is 7.00. The number of nitrogens with zero attached hydrogens (tertiary/aromatic N) is 4. The standard InChI is InChI=1S/C78H51BN4/c1-5-24-52(25-6-1)58-36-21-37-59(53-26-7-2-8-27-53)77(58)82-72-44-23-45-73-76(72)79(66-48-46-56(50-74(66)82)80-68-40-17-13-32-62(68)63-33-14-18-41-69(63)80)67-49-47-57(81-70-42-19-15-34-64(70)65-35-16-20-43-71(65)81)51-75(67)83(73)78-60(54-28-9-3-10-29-54)38-22-39-61(78)55-30-11-4-12-31-55/h1-51H. The number of hydrogen-bond acceptors (Lipinski definition) is 2. The van der Waals surface area contributed by atoms with Crippen LogP contribution in [0, 0.1) is 0 Å². The lowest BCUT2D eigenvalue weighted by molar-refractivity contribution is 1.17. The molecule has 0 amide bonds. The lowest BCUT2D eigenvalue weighted by atomic mass is 9.33. The molecule has 0 bridgehead atoms. The van der Waals surface area contributed by atoms with Gasteiger partial charge in [0.25, 0.3) is 6.71 Å². The van der Waals surface area contributed by atoms with Gasteiger partial charge in [-0.1, -0.05) is 249 Å². The first-order valence-electron chi connectivity index (χ1n) is 28.7. The third kappa shape index (κ3) is 7.21. The van der Waals surface area contributed by atoms with E-state index < -0.39 is 0 Å². The van der Waals surface area contributed by atoms with Crippen LogP contribution in [0.4, 0.5) is 34.1 Å². The van der Waals surface area contributed by atoms with E-state index in [0.29, 0.717) is 0 Å². The van der Waals surface area contributed by atoms with Gasteiger partial charge in [0.05, 0.1) is 33.4 Å². The van der Waals surface area contributed by atoms with Crippen molar-refractivity contribution < 1.29 is 0 Å². The predicted molar refractivity (Wildman–Crippen MR) is 351 cm³/mol. The van der Waals surface area contributed by atoms with E-state index >= 15 is 0 Å². The zero-order valence-corrected chi connectivity index (χ0v) is 45.3. The Morgan fingerprint density at radius 1 is 0.229 bits per heavy atom. The second kappa shape index (κ2) is 18.9. The van der Waals surface area contributed by atoms with Crippen molar-refractivity contribution >= 4 is 101 Å². The normalized spacial score (nSPS) is 12.5. The van der Waals surface area contributed by atoms with Gasteiger partial charge in [0.1, 0.15) is 0 Å². The SMILES string of the molecule is c1ccc(-c2cccc(-c3ccccc3)c2N2c3cc(-n4c5ccccc5c5ccccc54)ccc3B3c4ccc(-n5c6ccccc6c6ccccc65)cc4N(c4c(-c5ccccc5)cccc4-c4ccccc4)c4cccc2c43)cc1. The molecule has 0 unspecified atom stereocenters. The van der Waals surface area contributed by atoms with Crippen LogP contribution in [0.3, 0.4) is 0 Å². The summed E-state index contributed by atoms with van der Waals surface area (Å²) in [5.41, 5.74) is 26.7. The van der Waals surface area contributed by atoms with E-state index in [1.54, 1.807) is 0 Å². The Hall–Kier alpha value is -10.9. The monoisotopic (exact) mass is 1050 g/mol. The van der Waals surface area contributed by atoms with Crippen molar-refractivity contribution in [2.45, 2.75) is 0 Å². The number of anilines is 6. The molecule has 0 atom stereocenters. The van der Waals surface area contributed by atoms with Gasteiger partial charge in [-0.05, 0) is 99.3 Å². The molecule has 386 valence electrons. The smallest absolute Gasteiger partial charge is 0.252 e. The Labute approximate surface area is 482 Å². The first-order chi connectivity index (χ1) is 41.2. The highest BCUT2D eigenvalue weighted by Crippen LogP contribution is 2.53. The minimum atomic E-state index is -0.161. The number of aromatic nitrogens is 2. The second-order valence-corrected chi connectivity index (χ2v) is 21.9. The summed E-state index contributed by atoms with van der Waals surface area (Å²) in [5, 5.41) is 4.94. The highest BCUT2D eigenvalue weighted by Gasteiger charge is 2.45. The molecule has 2 aliphatic heterocycles. The largest absolute Gasteiger partial charge is 0.310 e. The zero-order chi connectivity index (χ0) is 54.5. The quantitative estimate of drug-likeness (QED) is 0.141. The van der Waals surface area contributed by atoms with Crippen molar-refractivity contribution in [1.29, 1.82) is 0 Å². The Morgan fingerprint density at radius 2 is 0.518 bits per heavy atom. The van der Waals surface area contributed by atoms with Crippen molar-refractivity contribution in [1.82, 2.24) is 9.13 Å². The average molecular weight is 1060 g/mol. The molecule has 5 heteroatoms. The van der Waals surface area contributed by atoms with Crippen LogP contribution in [0.2, 0.25) is 0 Å². The first-order valence-corrected chi connectivity index (χ1v) is 28.7. The minimum absolute atomic E-state index is 0.161. The highest BCUT2D eigenvalue weighted by atomic mass is 15.2. The van der Waals surface area contributed by atoms with Crippen molar-refractivity contribution in [2.75, 3.05) is 9.80 Å². The third-order valence-corrected chi connectivity index (χ3v) is 17.5. The maximum absolute atomic E-state index is 2.63. The maximum Gasteiger partial charge on any atom is 0.252 e. The summed E-state index contributed by atoms with van der Waals surface area (Å²) < 4.78 is 4.94. The lowest BCUT2D eigenvalue weighted by Crippen LogP contribution is -2.61. The molecule has 0 spiro atoms. The van der Waals surface area contributed by atoms with E-state index in [2.05, 4.69) is 328 Å². The molecule has 4 nitrogen and oxygen atoms in total. The number of rotatable bonds is 8. The Kier molecular flexibility index (Phi) is 10.7. The van der Waals surface area contributed by atoms with Gasteiger partial charge >= 0.3 is 0 Å². The predicted octanol–water partition coefficient (Wildman–Crippen LogP) is 18.6. The molecular formula is C78H51BN4. The fourth-order valence-corrected chi connectivity index (χ4v) is 14.0. The van der Waals surface area contributed by atoms with Crippen LogP contribution in [0.5, 0.6) is 0 Å². The molecule has 0 N–H and O–H groups in total. The number of para-hydroxylation sites is 6.